The Kier molecular flexibility index (Phi) is 1.29. The van der Waals surface area contributed by atoms with Gasteiger partial charge in [0.05, 0.1) is 0 Å². The van der Waals surface area contributed by atoms with Gasteiger partial charge >= 0.3 is 0 Å². The Morgan fingerprint density at radius 2 is 2.18 bits per heavy atom. The lowest BCUT2D eigenvalue weighted by Crippen LogP contribution is -2.28. The van der Waals surface area contributed by atoms with E-state index in [1.165, 1.54) is 12.8 Å². The van der Waals surface area contributed by atoms with Gasteiger partial charge in [0.2, 0.25) is 5.91 Å². The molecule has 2 aliphatic rings. The topological polar surface area (TPSA) is 29.1 Å². The Bertz CT molecular complexity index is 194. The van der Waals surface area contributed by atoms with Crippen LogP contribution in [0.3, 0.4) is 0 Å². The molecule has 2 heteroatoms. The molecule has 0 radical (unpaired) electrons. The van der Waals surface area contributed by atoms with Crippen LogP contribution >= 0.6 is 0 Å². The monoisotopic (exact) mass is 153 g/mol. The molecule has 1 aliphatic carbocycles. The summed E-state index contributed by atoms with van der Waals surface area (Å²) in [4.78, 5) is 11.4. The number of amides is 1. The first-order valence-electron chi connectivity index (χ1n) is 4.45. The predicted molar refractivity (Wildman–Crippen MR) is 43.1 cm³/mol. The lowest BCUT2D eigenvalue weighted by atomic mass is 9.92. The van der Waals surface area contributed by atoms with Crippen molar-refractivity contribution >= 4 is 5.91 Å². The average molecular weight is 153 g/mol. The summed E-state index contributed by atoms with van der Waals surface area (Å²) < 4.78 is 0. The molecule has 0 aromatic carbocycles. The largest absolute Gasteiger partial charge is 0.350 e. The fourth-order valence-corrected chi connectivity index (χ4v) is 1.94. The van der Waals surface area contributed by atoms with Gasteiger partial charge in [-0.1, -0.05) is 13.8 Å². The number of hydrogen-bond donors (Lipinski definition) is 1. The first-order chi connectivity index (χ1) is 5.13. The molecule has 1 saturated heterocycles. The smallest absolute Gasteiger partial charge is 0.223 e. The van der Waals surface area contributed by atoms with E-state index in [1.807, 2.05) is 0 Å². The Balaban J connectivity index is 2.08. The maximum Gasteiger partial charge on any atom is 0.223 e. The summed E-state index contributed by atoms with van der Waals surface area (Å²) in [7, 11) is 0. The van der Waals surface area contributed by atoms with Crippen molar-refractivity contribution in [3.05, 3.63) is 0 Å². The van der Waals surface area contributed by atoms with Crippen molar-refractivity contribution in [2.24, 2.45) is 11.8 Å². The van der Waals surface area contributed by atoms with E-state index < -0.39 is 0 Å². The minimum Gasteiger partial charge on any atom is -0.350 e. The molecule has 1 unspecified atom stereocenters. The third-order valence-electron chi connectivity index (χ3n) is 2.99. The summed E-state index contributed by atoms with van der Waals surface area (Å²) in [5, 5.41) is 3.10. The van der Waals surface area contributed by atoms with Gasteiger partial charge in [0.25, 0.3) is 0 Å². The van der Waals surface area contributed by atoms with Gasteiger partial charge in [0, 0.05) is 11.5 Å². The molecule has 2 rings (SSSR count). The Hall–Kier alpha value is -0.530. The van der Waals surface area contributed by atoms with E-state index in [0.29, 0.717) is 5.92 Å². The molecule has 2 nitrogen and oxygen atoms in total. The van der Waals surface area contributed by atoms with E-state index in [-0.39, 0.29) is 17.4 Å². The quantitative estimate of drug-likeness (QED) is 0.604. The van der Waals surface area contributed by atoms with Crippen LogP contribution in [0, 0.1) is 11.8 Å². The van der Waals surface area contributed by atoms with Gasteiger partial charge in [0.15, 0.2) is 0 Å². The summed E-state index contributed by atoms with van der Waals surface area (Å²) in [6.07, 6.45) is 3.51. The molecule has 11 heavy (non-hydrogen) atoms. The number of rotatable bonds is 1. The van der Waals surface area contributed by atoms with Gasteiger partial charge in [-0.3, -0.25) is 4.79 Å². The fraction of sp³-hybridized carbons (Fsp3) is 0.889. The minimum atomic E-state index is 0.270. The lowest BCUT2D eigenvalue weighted by Gasteiger charge is -2.09. The van der Waals surface area contributed by atoms with Crippen molar-refractivity contribution in [3.8, 4) is 0 Å². The van der Waals surface area contributed by atoms with Crippen LogP contribution in [0.5, 0.6) is 0 Å². The number of hydrogen-bond acceptors (Lipinski definition) is 1. The summed E-state index contributed by atoms with van der Waals surface area (Å²) in [5.74, 6) is 1.09. The van der Waals surface area contributed by atoms with Crippen LogP contribution in [-0.4, -0.2) is 11.4 Å². The minimum absolute atomic E-state index is 0.270. The zero-order valence-electron chi connectivity index (χ0n) is 7.18. The van der Waals surface area contributed by atoms with Gasteiger partial charge < -0.3 is 5.32 Å². The van der Waals surface area contributed by atoms with Crippen LogP contribution in [0.1, 0.15) is 33.1 Å². The molecular formula is C9H15NO. The van der Waals surface area contributed by atoms with Crippen LogP contribution in [0.2, 0.25) is 0 Å². The molecule has 1 N–H and O–H groups in total. The fourth-order valence-electron chi connectivity index (χ4n) is 1.94. The Labute approximate surface area is 67.4 Å². The lowest BCUT2D eigenvalue weighted by molar-refractivity contribution is -0.123. The highest BCUT2D eigenvalue weighted by molar-refractivity contribution is 5.83. The highest BCUT2D eigenvalue weighted by Gasteiger charge is 2.52. The van der Waals surface area contributed by atoms with Crippen molar-refractivity contribution in [3.63, 3.8) is 0 Å². The number of carbonyl (C=O) groups excluding carboxylic acids is 1. The van der Waals surface area contributed by atoms with E-state index in [9.17, 15) is 4.79 Å². The van der Waals surface area contributed by atoms with Crippen molar-refractivity contribution < 1.29 is 4.79 Å². The number of nitrogens with one attached hydrogen (secondary N) is 1. The summed E-state index contributed by atoms with van der Waals surface area (Å²) in [6.45, 7) is 4.26. The van der Waals surface area contributed by atoms with E-state index in [0.717, 1.165) is 6.42 Å². The van der Waals surface area contributed by atoms with E-state index in [2.05, 4.69) is 19.2 Å². The highest BCUT2D eigenvalue weighted by Crippen LogP contribution is 2.46. The summed E-state index contributed by atoms with van der Waals surface area (Å²) >= 11 is 0. The summed E-state index contributed by atoms with van der Waals surface area (Å²) in [6, 6.07) is 0. The van der Waals surface area contributed by atoms with Crippen LogP contribution in [0.15, 0.2) is 0 Å². The zero-order valence-corrected chi connectivity index (χ0v) is 7.18. The predicted octanol–water partition coefficient (Wildman–Crippen LogP) is 1.31. The van der Waals surface area contributed by atoms with Crippen molar-refractivity contribution in [2.75, 3.05) is 0 Å². The third-order valence-corrected chi connectivity index (χ3v) is 2.99. The standard InChI is InChI=1S/C9H15NO/c1-6(2)7-5-9(3-4-9)10-8(7)11/h6-7H,3-5H2,1-2H3,(H,10,11). The average Bonchev–Trinajstić information content (AvgIpc) is 2.54. The van der Waals surface area contributed by atoms with Gasteiger partial charge in [-0.05, 0) is 25.2 Å². The maximum atomic E-state index is 11.4. The zero-order chi connectivity index (χ0) is 8.06. The molecule has 1 aliphatic heterocycles. The van der Waals surface area contributed by atoms with Crippen LogP contribution in [-0.2, 0) is 4.79 Å². The first-order valence-corrected chi connectivity index (χ1v) is 4.45. The van der Waals surface area contributed by atoms with Crippen LogP contribution in [0.4, 0.5) is 0 Å². The molecule has 0 aromatic heterocycles. The Morgan fingerprint density at radius 1 is 1.55 bits per heavy atom. The second-order valence-corrected chi connectivity index (χ2v) is 4.32. The highest BCUT2D eigenvalue weighted by atomic mass is 16.2. The molecule has 0 bridgehead atoms. The van der Waals surface area contributed by atoms with Crippen LogP contribution < -0.4 is 5.32 Å². The third kappa shape index (κ3) is 1.05. The van der Waals surface area contributed by atoms with E-state index >= 15 is 0 Å². The van der Waals surface area contributed by atoms with Crippen LogP contribution in [0.25, 0.3) is 0 Å². The van der Waals surface area contributed by atoms with Crippen molar-refractivity contribution in [2.45, 2.75) is 38.6 Å². The molecule has 2 fully saturated rings. The first kappa shape index (κ1) is 7.14. The van der Waals surface area contributed by atoms with E-state index in [1.54, 1.807) is 0 Å². The molecule has 1 saturated carbocycles. The second kappa shape index (κ2) is 1.99. The second-order valence-electron chi connectivity index (χ2n) is 4.32. The molecule has 0 aromatic rings. The molecule has 1 spiro atoms. The number of carbonyl (C=O) groups is 1. The van der Waals surface area contributed by atoms with Gasteiger partial charge in [-0.2, -0.15) is 0 Å². The van der Waals surface area contributed by atoms with Crippen molar-refractivity contribution in [1.29, 1.82) is 0 Å². The van der Waals surface area contributed by atoms with E-state index in [4.69, 9.17) is 0 Å². The Morgan fingerprint density at radius 3 is 2.45 bits per heavy atom. The molecule has 1 atom stereocenters. The maximum absolute atomic E-state index is 11.4. The van der Waals surface area contributed by atoms with Gasteiger partial charge in [-0.15, -0.1) is 0 Å². The summed E-state index contributed by atoms with van der Waals surface area (Å²) in [5.41, 5.74) is 0.270. The normalized spacial score (nSPS) is 33.0. The molecule has 1 amide bonds. The SMILES string of the molecule is CC(C)C1CC2(CC2)NC1=O. The molecular weight excluding hydrogens is 138 g/mol. The van der Waals surface area contributed by atoms with Gasteiger partial charge in [-0.25, -0.2) is 0 Å². The molecule has 62 valence electrons. The molecule has 1 heterocycles. The van der Waals surface area contributed by atoms with Crippen molar-refractivity contribution in [1.82, 2.24) is 5.32 Å². The van der Waals surface area contributed by atoms with Gasteiger partial charge in [0.1, 0.15) is 0 Å².